The van der Waals surface area contributed by atoms with E-state index in [0.717, 1.165) is 0 Å². The minimum atomic E-state index is -0.855. The van der Waals surface area contributed by atoms with Gasteiger partial charge < -0.3 is 9.84 Å². The summed E-state index contributed by atoms with van der Waals surface area (Å²) in [5.74, 6) is 5.47. The van der Waals surface area contributed by atoms with Crippen molar-refractivity contribution in [2.75, 3.05) is 6.61 Å². The first-order valence-corrected chi connectivity index (χ1v) is 4.14. The van der Waals surface area contributed by atoms with Crippen LogP contribution in [0.3, 0.4) is 0 Å². The van der Waals surface area contributed by atoms with E-state index in [1.54, 1.807) is 0 Å². The average Bonchev–Trinajstić information content (AvgIpc) is 2.01. The van der Waals surface area contributed by atoms with Crippen LogP contribution in [-0.2, 0) is 4.74 Å². The van der Waals surface area contributed by atoms with Crippen molar-refractivity contribution in [1.82, 2.24) is 0 Å². The molecule has 1 heterocycles. The van der Waals surface area contributed by atoms with Gasteiger partial charge in [0.05, 0.1) is 12.7 Å². The summed E-state index contributed by atoms with van der Waals surface area (Å²) in [5, 5.41) is 9.87. The second-order valence-electron chi connectivity index (χ2n) is 3.14. The molecular formula is C10H14O2. The lowest BCUT2D eigenvalue weighted by Gasteiger charge is -2.31. The summed E-state index contributed by atoms with van der Waals surface area (Å²) < 4.78 is 5.30. The molecule has 1 aliphatic rings. The standard InChI is InChI=1S/C10H14O2/c1-3-4-5-10(11)6-7-12-9(2)8-10/h3,9,11H,1,6-8H2,2H3. The summed E-state index contributed by atoms with van der Waals surface area (Å²) in [5.41, 5.74) is -0.855. The number of hydrogen-bond acceptors (Lipinski definition) is 2. The van der Waals surface area contributed by atoms with Crippen LogP contribution < -0.4 is 0 Å². The molecule has 1 rings (SSSR count). The lowest BCUT2D eigenvalue weighted by molar-refractivity contribution is -0.0663. The van der Waals surface area contributed by atoms with E-state index in [9.17, 15) is 5.11 Å². The molecule has 0 aromatic heterocycles. The molecule has 2 unspecified atom stereocenters. The second kappa shape index (κ2) is 3.75. The Morgan fingerprint density at radius 2 is 2.50 bits per heavy atom. The molecule has 12 heavy (non-hydrogen) atoms. The molecule has 0 aromatic carbocycles. The summed E-state index contributed by atoms with van der Waals surface area (Å²) in [6.45, 7) is 6.01. The van der Waals surface area contributed by atoms with Crippen LogP contribution >= 0.6 is 0 Å². The van der Waals surface area contributed by atoms with Gasteiger partial charge in [0.1, 0.15) is 5.60 Å². The zero-order valence-electron chi connectivity index (χ0n) is 7.34. The van der Waals surface area contributed by atoms with Crippen molar-refractivity contribution in [2.24, 2.45) is 0 Å². The van der Waals surface area contributed by atoms with Crippen LogP contribution in [0, 0.1) is 11.8 Å². The van der Waals surface area contributed by atoms with E-state index >= 15 is 0 Å². The van der Waals surface area contributed by atoms with E-state index in [-0.39, 0.29) is 6.10 Å². The third-order valence-corrected chi connectivity index (χ3v) is 1.95. The molecule has 1 N–H and O–H groups in total. The first-order valence-electron chi connectivity index (χ1n) is 4.14. The van der Waals surface area contributed by atoms with E-state index in [4.69, 9.17) is 4.74 Å². The minimum absolute atomic E-state index is 0.0999. The lowest BCUT2D eigenvalue weighted by Crippen LogP contribution is -2.38. The minimum Gasteiger partial charge on any atom is -0.378 e. The highest BCUT2D eigenvalue weighted by Crippen LogP contribution is 2.23. The highest BCUT2D eigenvalue weighted by molar-refractivity contribution is 5.21. The zero-order chi connectivity index (χ0) is 9.03. The summed E-state index contributed by atoms with van der Waals surface area (Å²) in [6, 6.07) is 0. The van der Waals surface area contributed by atoms with Gasteiger partial charge in [0.25, 0.3) is 0 Å². The Morgan fingerprint density at radius 1 is 1.75 bits per heavy atom. The molecule has 2 atom stereocenters. The van der Waals surface area contributed by atoms with Gasteiger partial charge in [-0.15, -0.1) is 0 Å². The first kappa shape index (κ1) is 9.31. The molecule has 0 aromatic rings. The van der Waals surface area contributed by atoms with E-state index in [1.807, 2.05) is 6.92 Å². The predicted molar refractivity (Wildman–Crippen MR) is 47.6 cm³/mol. The largest absolute Gasteiger partial charge is 0.378 e. The van der Waals surface area contributed by atoms with Crippen molar-refractivity contribution < 1.29 is 9.84 Å². The first-order chi connectivity index (χ1) is 5.66. The number of allylic oxidation sites excluding steroid dienone is 1. The fraction of sp³-hybridized carbons (Fsp3) is 0.600. The molecule has 2 heteroatoms. The SMILES string of the molecule is C=CC#CC1(O)CCOC(C)C1. The maximum Gasteiger partial charge on any atom is 0.130 e. The Labute approximate surface area is 73.2 Å². The number of rotatable bonds is 0. The van der Waals surface area contributed by atoms with E-state index in [0.29, 0.717) is 19.4 Å². The van der Waals surface area contributed by atoms with Crippen LogP contribution in [0.15, 0.2) is 12.7 Å². The Kier molecular flexibility index (Phi) is 2.91. The van der Waals surface area contributed by atoms with Crippen LogP contribution in [0.25, 0.3) is 0 Å². The van der Waals surface area contributed by atoms with Crippen LogP contribution in [0.4, 0.5) is 0 Å². The number of aliphatic hydroxyl groups is 1. The topological polar surface area (TPSA) is 29.5 Å². The fourth-order valence-corrected chi connectivity index (χ4v) is 1.36. The van der Waals surface area contributed by atoms with Gasteiger partial charge in [0.15, 0.2) is 0 Å². The van der Waals surface area contributed by atoms with Crippen molar-refractivity contribution >= 4 is 0 Å². The average molecular weight is 166 g/mol. The van der Waals surface area contributed by atoms with Crippen molar-refractivity contribution in [2.45, 2.75) is 31.5 Å². The normalized spacial score (nSPS) is 35.0. The summed E-state index contributed by atoms with van der Waals surface area (Å²) in [4.78, 5) is 0. The summed E-state index contributed by atoms with van der Waals surface area (Å²) in [7, 11) is 0. The quantitative estimate of drug-likeness (QED) is 0.546. The smallest absolute Gasteiger partial charge is 0.130 e. The van der Waals surface area contributed by atoms with Gasteiger partial charge in [-0.3, -0.25) is 0 Å². The van der Waals surface area contributed by atoms with Crippen LogP contribution in [0.1, 0.15) is 19.8 Å². The van der Waals surface area contributed by atoms with E-state index in [1.165, 1.54) is 6.08 Å². The van der Waals surface area contributed by atoms with Gasteiger partial charge in [-0.2, -0.15) is 0 Å². The van der Waals surface area contributed by atoms with Crippen molar-refractivity contribution in [3.63, 3.8) is 0 Å². The van der Waals surface area contributed by atoms with E-state index < -0.39 is 5.60 Å². The highest BCUT2D eigenvalue weighted by Gasteiger charge is 2.31. The zero-order valence-corrected chi connectivity index (χ0v) is 7.34. The second-order valence-corrected chi connectivity index (χ2v) is 3.14. The third kappa shape index (κ3) is 2.37. The Balaban J connectivity index is 2.62. The molecule has 1 fully saturated rings. The van der Waals surface area contributed by atoms with Crippen molar-refractivity contribution in [3.05, 3.63) is 12.7 Å². The number of ether oxygens (including phenoxy) is 1. The molecule has 1 saturated heterocycles. The maximum atomic E-state index is 9.87. The molecule has 0 bridgehead atoms. The van der Waals surface area contributed by atoms with Gasteiger partial charge in [-0.25, -0.2) is 0 Å². The highest BCUT2D eigenvalue weighted by atomic mass is 16.5. The van der Waals surface area contributed by atoms with Crippen molar-refractivity contribution in [1.29, 1.82) is 0 Å². The predicted octanol–water partition coefficient (Wildman–Crippen LogP) is 1.11. The van der Waals surface area contributed by atoms with Gasteiger partial charge in [0, 0.05) is 12.8 Å². The molecule has 2 nitrogen and oxygen atoms in total. The maximum absolute atomic E-state index is 9.87. The van der Waals surface area contributed by atoms with Gasteiger partial charge >= 0.3 is 0 Å². The molecule has 66 valence electrons. The van der Waals surface area contributed by atoms with Crippen molar-refractivity contribution in [3.8, 4) is 11.8 Å². The Morgan fingerprint density at radius 3 is 3.08 bits per heavy atom. The number of hydrogen-bond donors (Lipinski definition) is 1. The molecular weight excluding hydrogens is 152 g/mol. The monoisotopic (exact) mass is 166 g/mol. The summed E-state index contributed by atoms with van der Waals surface area (Å²) >= 11 is 0. The van der Waals surface area contributed by atoms with Gasteiger partial charge in [-0.1, -0.05) is 18.4 Å². The Bertz CT molecular complexity index is 224. The lowest BCUT2D eigenvalue weighted by atomic mass is 9.91. The molecule has 0 aliphatic carbocycles. The van der Waals surface area contributed by atoms with Gasteiger partial charge in [0.2, 0.25) is 0 Å². The molecule has 0 amide bonds. The fourth-order valence-electron chi connectivity index (χ4n) is 1.36. The molecule has 0 saturated carbocycles. The van der Waals surface area contributed by atoms with Crippen LogP contribution in [0.5, 0.6) is 0 Å². The third-order valence-electron chi connectivity index (χ3n) is 1.95. The van der Waals surface area contributed by atoms with Crippen LogP contribution in [-0.4, -0.2) is 23.4 Å². The molecule has 1 aliphatic heterocycles. The van der Waals surface area contributed by atoms with Gasteiger partial charge in [-0.05, 0) is 13.0 Å². The summed E-state index contributed by atoms with van der Waals surface area (Å²) in [6.07, 6.45) is 2.78. The van der Waals surface area contributed by atoms with E-state index in [2.05, 4.69) is 18.4 Å². The molecule has 0 radical (unpaired) electrons. The van der Waals surface area contributed by atoms with Crippen LogP contribution in [0.2, 0.25) is 0 Å². The molecule has 0 spiro atoms. The Hall–Kier alpha value is -0.780.